The predicted octanol–water partition coefficient (Wildman–Crippen LogP) is 4.18. The lowest BCUT2D eigenvalue weighted by Crippen LogP contribution is -1.92. The van der Waals surface area contributed by atoms with Crippen LogP contribution in [0.15, 0.2) is 47.4 Å². The van der Waals surface area contributed by atoms with Gasteiger partial charge in [0.05, 0.1) is 0 Å². The first kappa shape index (κ1) is 12.1. The lowest BCUT2D eigenvalue weighted by molar-refractivity contribution is 1.33. The van der Waals surface area contributed by atoms with Crippen LogP contribution in [0.4, 0.5) is 5.69 Å². The molecule has 2 N–H and O–H groups in total. The van der Waals surface area contributed by atoms with Crippen LogP contribution in [0, 0.1) is 13.8 Å². The molecule has 0 atom stereocenters. The maximum Gasteiger partial charge on any atom is 0.0482 e. The summed E-state index contributed by atoms with van der Waals surface area (Å²) in [6, 6.07) is 14.8. The average molecular weight is 243 g/mol. The summed E-state index contributed by atoms with van der Waals surface area (Å²) in [5.41, 5.74) is 10.7. The van der Waals surface area contributed by atoms with Gasteiger partial charge in [0.1, 0.15) is 0 Å². The van der Waals surface area contributed by atoms with Crippen molar-refractivity contribution in [3.05, 3.63) is 59.2 Å². The lowest BCUT2D eigenvalue weighted by atomic mass is 10.2. The molecule has 0 fully saturated rings. The highest BCUT2D eigenvalue weighted by molar-refractivity contribution is 7.98. The van der Waals surface area contributed by atoms with Crippen LogP contribution in [-0.4, -0.2) is 0 Å². The van der Waals surface area contributed by atoms with E-state index in [1.165, 1.54) is 16.0 Å². The monoisotopic (exact) mass is 243 g/mol. The third-order valence-corrected chi connectivity index (χ3v) is 3.94. The quantitative estimate of drug-likeness (QED) is 0.646. The molecule has 1 nitrogen and oxygen atoms in total. The molecule has 17 heavy (non-hydrogen) atoms. The van der Waals surface area contributed by atoms with Gasteiger partial charge in [-0.15, -0.1) is 11.8 Å². The standard InChI is InChI=1S/C15H17NS/c1-11-6-8-13(9-7-11)10-17-14-5-3-4-12(2)15(14)16/h3-9H,10,16H2,1-2H3. The van der Waals surface area contributed by atoms with Crippen molar-refractivity contribution >= 4 is 17.4 Å². The van der Waals surface area contributed by atoms with Crippen LogP contribution in [0.3, 0.4) is 0 Å². The van der Waals surface area contributed by atoms with Crippen LogP contribution in [-0.2, 0) is 5.75 Å². The molecular formula is C15H17NS. The van der Waals surface area contributed by atoms with Crippen LogP contribution >= 0.6 is 11.8 Å². The SMILES string of the molecule is Cc1ccc(CSc2cccc(C)c2N)cc1. The summed E-state index contributed by atoms with van der Waals surface area (Å²) in [4.78, 5) is 1.17. The van der Waals surface area contributed by atoms with Crippen LogP contribution in [0.5, 0.6) is 0 Å². The highest BCUT2D eigenvalue weighted by Crippen LogP contribution is 2.29. The first-order chi connectivity index (χ1) is 8.16. The number of rotatable bonds is 3. The van der Waals surface area contributed by atoms with Gasteiger partial charge < -0.3 is 5.73 Å². The number of nitrogen functional groups attached to an aromatic ring is 1. The molecule has 2 rings (SSSR count). The minimum absolute atomic E-state index is 0.907. The Labute approximate surface area is 107 Å². The molecule has 0 saturated carbocycles. The predicted molar refractivity (Wildman–Crippen MR) is 76.3 cm³/mol. The summed E-state index contributed by atoms with van der Waals surface area (Å²) in [6.07, 6.45) is 0. The zero-order valence-corrected chi connectivity index (χ0v) is 11.1. The van der Waals surface area contributed by atoms with Crippen molar-refractivity contribution in [2.24, 2.45) is 0 Å². The van der Waals surface area contributed by atoms with Crippen molar-refractivity contribution in [3.63, 3.8) is 0 Å². The largest absolute Gasteiger partial charge is 0.398 e. The normalized spacial score (nSPS) is 10.5. The van der Waals surface area contributed by atoms with Gasteiger partial charge in [0, 0.05) is 16.3 Å². The topological polar surface area (TPSA) is 26.0 Å². The lowest BCUT2D eigenvalue weighted by Gasteiger charge is -2.08. The summed E-state index contributed by atoms with van der Waals surface area (Å²) in [5, 5.41) is 0. The molecule has 0 saturated heterocycles. The van der Waals surface area contributed by atoms with E-state index in [1.807, 2.05) is 13.0 Å². The number of thioether (sulfide) groups is 1. The smallest absolute Gasteiger partial charge is 0.0482 e. The number of aryl methyl sites for hydroxylation is 2. The number of hydrogen-bond acceptors (Lipinski definition) is 2. The molecule has 2 aromatic rings. The molecule has 0 amide bonds. The van der Waals surface area contributed by atoms with Gasteiger partial charge in [-0.05, 0) is 31.0 Å². The fourth-order valence-electron chi connectivity index (χ4n) is 1.62. The average Bonchev–Trinajstić information content (AvgIpc) is 2.33. The maximum absolute atomic E-state index is 6.05. The molecular weight excluding hydrogens is 226 g/mol. The summed E-state index contributed by atoms with van der Waals surface area (Å²) >= 11 is 1.80. The van der Waals surface area contributed by atoms with Crippen molar-refractivity contribution in [2.75, 3.05) is 5.73 Å². The first-order valence-corrected chi connectivity index (χ1v) is 6.69. The van der Waals surface area contributed by atoms with Crippen molar-refractivity contribution in [3.8, 4) is 0 Å². The second-order valence-electron chi connectivity index (χ2n) is 4.26. The Kier molecular flexibility index (Phi) is 3.75. The van der Waals surface area contributed by atoms with Crippen molar-refractivity contribution in [2.45, 2.75) is 24.5 Å². The Hall–Kier alpha value is -1.41. The van der Waals surface area contributed by atoms with E-state index in [4.69, 9.17) is 5.73 Å². The van der Waals surface area contributed by atoms with E-state index in [-0.39, 0.29) is 0 Å². The van der Waals surface area contributed by atoms with Gasteiger partial charge >= 0.3 is 0 Å². The van der Waals surface area contributed by atoms with Gasteiger partial charge in [0.15, 0.2) is 0 Å². The zero-order valence-electron chi connectivity index (χ0n) is 10.2. The number of benzene rings is 2. The van der Waals surface area contributed by atoms with Gasteiger partial charge in [-0.25, -0.2) is 0 Å². The van der Waals surface area contributed by atoms with Gasteiger partial charge in [-0.1, -0.05) is 42.0 Å². The van der Waals surface area contributed by atoms with Crippen LogP contribution < -0.4 is 5.73 Å². The van der Waals surface area contributed by atoms with Crippen LogP contribution in [0.2, 0.25) is 0 Å². The Balaban J connectivity index is 2.07. The van der Waals surface area contributed by atoms with Crippen molar-refractivity contribution in [1.82, 2.24) is 0 Å². The van der Waals surface area contributed by atoms with E-state index in [2.05, 4.69) is 43.3 Å². The highest BCUT2D eigenvalue weighted by atomic mass is 32.2. The van der Waals surface area contributed by atoms with Crippen molar-refractivity contribution in [1.29, 1.82) is 0 Å². The van der Waals surface area contributed by atoms with Gasteiger partial charge in [-0.2, -0.15) is 0 Å². The molecule has 0 bridgehead atoms. The summed E-state index contributed by atoms with van der Waals surface area (Å²) in [7, 11) is 0. The number of nitrogens with two attached hydrogens (primary N) is 1. The van der Waals surface area contributed by atoms with E-state index in [1.54, 1.807) is 11.8 Å². The molecule has 0 aliphatic carbocycles. The van der Waals surface area contributed by atoms with Gasteiger partial charge in [0.2, 0.25) is 0 Å². The fraction of sp³-hybridized carbons (Fsp3) is 0.200. The second-order valence-corrected chi connectivity index (χ2v) is 5.28. The Morgan fingerprint density at radius 2 is 1.71 bits per heavy atom. The molecule has 0 aliphatic rings. The molecule has 2 aromatic carbocycles. The second kappa shape index (κ2) is 5.28. The number of hydrogen-bond donors (Lipinski definition) is 1. The molecule has 88 valence electrons. The Bertz CT molecular complexity index is 503. The molecule has 2 heteroatoms. The minimum atomic E-state index is 0.907. The first-order valence-electron chi connectivity index (χ1n) is 5.70. The molecule has 0 radical (unpaired) electrons. The van der Waals surface area contributed by atoms with E-state index in [9.17, 15) is 0 Å². The third kappa shape index (κ3) is 3.04. The molecule has 0 aliphatic heterocycles. The van der Waals surface area contributed by atoms with Crippen molar-refractivity contribution < 1.29 is 0 Å². The Morgan fingerprint density at radius 3 is 2.41 bits per heavy atom. The zero-order chi connectivity index (χ0) is 12.3. The van der Waals surface area contributed by atoms with E-state index < -0.39 is 0 Å². The molecule has 0 aromatic heterocycles. The molecule has 0 spiro atoms. The van der Waals surface area contributed by atoms with Crippen LogP contribution in [0.25, 0.3) is 0 Å². The Morgan fingerprint density at radius 1 is 1.00 bits per heavy atom. The van der Waals surface area contributed by atoms with E-state index in [0.717, 1.165) is 17.0 Å². The fourth-order valence-corrected chi connectivity index (χ4v) is 2.63. The highest BCUT2D eigenvalue weighted by Gasteiger charge is 2.02. The van der Waals surface area contributed by atoms with E-state index >= 15 is 0 Å². The summed E-state index contributed by atoms with van der Waals surface area (Å²) in [6.45, 7) is 4.15. The summed E-state index contributed by atoms with van der Waals surface area (Å²) < 4.78 is 0. The maximum atomic E-state index is 6.05. The summed E-state index contributed by atoms with van der Waals surface area (Å²) in [5.74, 6) is 0.966. The van der Waals surface area contributed by atoms with Crippen LogP contribution in [0.1, 0.15) is 16.7 Å². The molecule has 0 heterocycles. The molecule has 0 unspecified atom stereocenters. The number of anilines is 1. The van der Waals surface area contributed by atoms with Gasteiger partial charge in [0.25, 0.3) is 0 Å². The number of para-hydroxylation sites is 1. The third-order valence-electron chi connectivity index (χ3n) is 2.80. The van der Waals surface area contributed by atoms with E-state index in [0.29, 0.717) is 0 Å². The van der Waals surface area contributed by atoms with Gasteiger partial charge in [-0.3, -0.25) is 0 Å². The minimum Gasteiger partial charge on any atom is -0.398 e.